The minimum absolute atomic E-state index is 0.0614. The lowest BCUT2D eigenvalue weighted by Gasteiger charge is -2.14. The fourth-order valence-corrected chi connectivity index (χ4v) is 1.18. The summed E-state index contributed by atoms with van der Waals surface area (Å²) in [6.45, 7) is 7.22. The minimum atomic E-state index is -0.249. The van der Waals surface area contributed by atoms with Crippen molar-refractivity contribution in [2.45, 2.75) is 33.1 Å². The second-order valence-corrected chi connectivity index (χ2v) is 3.56. The molecule has 0 aliphatic rings. The van der Waals surface area contributed by atoms with Gasteiger partial charge in [-0.3, -0.25) is 4.79 Å². The molecule has 3 heteroatoms. The summed E-state index contributed by atoms with van der Waals surface area (Å²) in [5.74, 6) is -0.0472. The van der Waals surface area contributed by atoms with Crippen LogP contribution < -0.4 is 0 Å². The first-order valence-electron chi connectivity index (χ1n) is 4.69. The van der Waals surface area contributed by atoms with Crippen LogP contribution in [-0.4, -0.2) is 18.9 Å². The van der Waals surface area contributed by atoms with E-state index in [0.29, 0.717) is 19.3 Å². The van der Waals surface area contributed by atoms with E-state index in [9.17, 15) is 9.59 Å². The van der Waals surface area contributed by atoms with Crippen molar-refractivity contribution in [3.05, 3.63) is 12.2 Å². The van der Waals surface area contributed by atoms with Crippen LogP contribution in [0, 0.1) is 5.92 Å². The number of carbonyl (C=O) groups excluding carboxylic acids is 2. The number of hydrogen-bond donors (Lipinski definition) is 0. The summed E-state index contributed by atoms with van der Waals surface area (Å²) in [6.07, 6.45) is 1.49. The van der Waals surface area contributed by atoms with Gasteiger partial charge in [-0.05, 0) is 26.2 Å². The molecule has 1 atom stereocenters. The van der Waals surface area contributed by atoms with E-state index in [1.165, 1.54) is 7.11 Å². The van der Waals surface area contributed by atoms with Gasteiger partial charge in [-0.2, -0.15) is 0 Å². The van der Waals surface area contributed by atoms with Crippen LogP contribution in [0.3, 0.4) is 0 Å². The molecule has 0 aromatic heterocycles. The minimum Gasteiger partial charge on any atom is -0.469 e. The fourth-order valence-electron chi connectivity index (χ4n) is 1.18. The van der Waals surface area contributed by atoms with Crippen molar-refractivity contribution >= 4 is 11.8 Å². The highest BCUT2D eigenvalue weighted by atomic mass is 16.5. The molecule has 0 amide bonds. The zero-order valence-electron chi connectivity index (χ0n) is 9.13. The van der Waals surface area contributed by atoms with E-state index >= 15 is 0 Å². The summed E-state index contributed by atoms with van der Waals surface area (Å²) >= 11 is 0. The standard InChI is InChI=1S/C11H18O3/c1-8(2)10(6-5-9(3)12)7-11(13)14-4/h10H,1,5-7H2,2-4H3/t10-/m0/s1. The topological polar surface area (TPSA) is 43.4 Å². The summed E-state index contributed by atoms with van der Waals surface area (Å²) in [5.41, 5.74) is 0.927. The van der Waals surface area contributed by atoms with Gasteiger partial charge in [-0.15, -0.1) is 0 Å². The van der Waals surface area contributed by atoms with Gasteiger partial charge in [0.2, 0.25) is 0 Å². The van der Waals surface area contributed by atoms with Crippen LogP contribution in [0.4, 0.5) is 0 Å². The van der Waals surface area contributed by atoms with Gasteiger partial charge in [0.05, 0.1) is 13.5 Å². The highest BCUT2D eigenvalue weighted by Gasteiger charge is 2.15. The largest absolute Gasteiger partial charge is 0.469 e. The maximum atomic E-state index is 11.0. The van der Waals surface area contributed by atoms with Gasteiger partial charge in [0, 0.05) is 6.42 Å². The van der Waals surface area contributed by atoms with Crippen LogP contribution in [0.15, 0.2) is 12.2 Å². The Balaban J connectivity index is 4.09. The average Bonchev–Trinajstić information content (AvgIpc) is 2.10. The summed E-state index contributed by atoms with van der Waals surface area (Å²) in [4.78, 5) is 21.8. The molecule has 0 unspecified atom stereocenters. The molecular weight excluding hydrogens is 180 g/mol. The Morgan fingerprint density at radius 2 is 1.93 bits per heavy atom. The number of Topliss-reactive ketones (excluding diaryl/α,β-unsaturated/α-hetero) is 1. The van der Waals surface area contributed by atoms with Crippen LogP contribution >= 0.6 is 0 Å². The van der Waals surface area contributed by atoms with Gasteiger partial charge >= 0.3 is 5.97 Å². The number of esters is 1. The lowest BCUT2D eigenvalue weighted by molar-refractivity contribution is -0.141. The Hall–Kier alpha value is -1.12. The van der Waals surface area contributed by atoms with E-state index in [-0.39, 0.29) is 17.7 Å². The Kier molecular flexibility index (Phi) is 5.84. The lowest BCUT2D eigenvalue weighted by Crippen LogP contribution is -2.12. The molecule has 0 saturated carbocycles. The Bertz CT molecular complexity index is 231. The monoisotopic (exact) mass is 198 g/mol. The zero-order chi connectivity index (χ0) is 11.1. The van der Waals surface area contributed by atoms with E-state index in [4.69, 9.17) is 0 Å². The normalized spacial score (nSPS) is 11.9. The number of ketones is 1. The fraction of sp³-hybridized carbons (Fsp3) is 0.636. The zero-order valence-corrected chi connectivity index (χ0v) is 9.13. The Labute approximate surface area is 85.1 Å². The highest BCUT2D eigenvalue weighted by Crippen LogP contribution is 2.19. The first kappa shape index (κ1) is 12.9. The molecule has 0 saturated heterocycles. The van der Waals surface area contributed by atoms with Crippen molar-refractivity contribution in [2.24, 2.45) is 5.92 Å². The lowest BCUT2D eigenvalue weighted by atomic mass is 9.92. The number of hydrogen-bond acceptors (Lipinski definition) is 3. The van der Waals surface area contributed by atoms with Crippen LogP contribution in [0.5, 0.6) is 0 Å². The molecule has 0 spiro atoms. The van der Waals surface area contributed by atoms with Crippen molar-refractivity contribution in [3.8, 4) is 0 Å². The molecule has 14 heavy (non-hydrogen) atoms. The van der Waals surface area contributed by atoms with Crippen molar-refractivity contribution in [1.29, 1.82) is 0 Å². The quantitative estimate of drug-likeness (QED) is 0.485. The molecule has 0 rings (SSSR count). The molecule has 0 heterocycles. The van der Waals surface area contributed by atoms with E-state index in [1.807, 2.05) is 6.92 Å². The van der Waals surface area contributed by atoms with Crippen molar-refractivity contribution in [1.82, 2.24) is 0 Å². The Morgan fingerprint density at radius 1 is 1.36 bits per heavy atom. The second-order valence-electron chi connectivity index (χ2n) is 3.56. The third-order valence-electron chi connectivity index (χ3n) is 2.18. The van der Waals surface area contributed by atoms with Crippen molar-refractivity contribution in [3.63, 3.8) is 0 Å². The molecule has 0 aromatic carbocycles. The van der Waals surface area contributed by atoms with Crippen LogP contribution in [-0.2, 0) is 14.3 Å². The number of ether oxygens (including phenoxy) is 1. The summed E-state index contributed by atoms with van der Waals surface area (Å²) in [5, 5.41) is 0. The number of allylic oxidation sites excluding steroid dienone is 1. The first-order valence-corrected chi connectivity index (χ1v) is 4.69. The SMILES string of the molecule is C=C(C)[C@@H](CCC(C)=O)CC(=O)OC. The summed E-state index contributed by atoms with van der Waals surface area (Å²) < 4.78 is 4.57. The average molecular weight is 198 g/mol. The first-order chi connectivity index (χ1) is 6.47. The predicted octanol–water partition coefficient (Wildman–Crippen LogP) is 2.11. The molecule has 0 aromatic rings. The van der Waals surface area contributed by atoms with E-state index in [1.54, 1.807) is 6.92 Å². The molecule has 0 bridgehead atoms. The molecule has 3 nitrogen and oxygen atoms in total. The van der Waals surface area contributed by atoms with E-state index in [2.05, 4.69) is 11.3 Å². The number of carbonyl (C=O) groups is 2. The highest BCUT2D eigenvalue weighted by molar-refractivity contribution is 5.75. The van der Waals surface area contributed by atoms with E-state index in [0.717, 1.165) is 5.57 Å². The van der Waals surface area contributed by atoms with Gasteiger partial charge in [-0.1, -0.05) is 12.2 Å². The third kappa shape index (κ3) is 5.51. The van der Waals surface area contributed by atoms with Crippen molar-refractivity contribution < 1.29 is 14.3 Å². The Morgan fingerprint density at radius 3 is 2.29 bits per heavy atom. The molecule has 0 aliphatic carbocycles. The maximum Gasteiger partial charge on any atom is 0.306 e. The molecule has 0 fully saturated rings. The molecule has 0 radical (unpaired) electrons. The third-order valence-corrected chi connectivity index (χ3v) is 2.18. The molecule has 0 N–H and O–H groups in total. The number of rotatable bonds is 6. The molecular formula is C11H18O3. The van der Waals surface area contributed by atoms with Crippen LogP contribution in [0.25, 0.3) is 0 Å². The van der Waals surface area contributed by atoms with Gasteiger partial charge in [0.15, 0.2) is 0 Å². The van der Waals surface area contributed by atoms with Gasteiger partial charge in [-0.25, -0.2) is 0 Å². The van der Waals surface area contributed by atoms with Crippen LogP contribution in [0.2, 0.25) is 0 Å². The van der Waals surface area contributed by atoms with Crippen LogP contribution in [0.1, 0.15) is 33.1 Å². The van der Waals surface area contributed by atoms with Gasteiger partial charge in [0.25, 0.3) is 0 Å². The number of methoxy groups -OCH3 is 1. The van der Waals surface area contributed by atoms with E-state index < -0.39 is 0 Å². The molecule has 80 valence electrons. The van der Waals surface area contributed by atoms with Gasteiger partial charge < -0.3 is 9.53 Å². The summed E-state index contributed by atoms with van der Waals surface area (Å²) in [7, 11) is 1.36. The smallest absolute Gasteiger partial charge is 0.306 e. The van der Waals surface area contributed by atoms with Crippen molar-refractivity contribution in [2.75, 3.05) is 7.11 Å². The maximum absolute atomic E-state index is 11.0. The molecule has 0 aliphatic heterocycles. The summed E-state index contributed by atoms with van der Waals surface area (Å²) in [6, 6.07) is 0. The predicted molar refractivity (Wildman–Crippen MR) is 54.9 cm³/mol. The second kappa shape index (κ2) is 6.35. The van der Waals surface area contributed by atoms with Gasteiger partial charge in [0.1, 0.15) is 5.78 Å².